The van der Waals surface area contributed by atoms with Gasteiger partial charge in [-0.25, -0.2) is 4.98 Å². The lowest BCUT2D eigenvalue weighted by atomic mass is 9.86. The summed E-state index contributed by atoms with van der Waals surface area (Å²) in [6.45, 7) is 0. The van der Waals surface area contributed by atoms with Crippen molar-refractivity contribution in [2.75, 3.05) is 5.75 Å². The molecule has 1 aliphatic carbocycles. The van der Waals surface area contributed by atoms with Crippen molar-refractivity contribution < 1.29 is 9.59 Å². The van der Waals surface area contributed by atoms with Crippen molar-refractivity contribution in [3.63, 3.8) is 0 Å². The summed E-state index contributed by atoms with van der Waals surface area (Å²) < 4.78 is 1.97. The first-order valence-electron chi connectivity index (χ1n) is 8.77. The van der Waals surface area contributed by atoms with Crippen LogP contribution in [0, 0.1) is 5.92 Å². The highest BCUT2D eigenvalue weighted by Gasteiger charge is 2.15. The smallest absolute Gasteiger partial charge is 0.248 e. The van der Waals surface area contributed by atoms with Crippen LogP contribution >= 0.6 is 23.1 Å². The maximum atomic E-state index is 11.9. The predicted molar refractivity (Wildman–Crippen MR) is 102 cm³/mol. The molecule has 7 heteroatoms. The van der Waals surface area contributed by atoms with Crippen molar-refractivity contribution in [3.05, 3.63) is 24.3 Å². The monoisotopic (exact) mass is 377 g/mol. The second-order valence-corrected chi connectivity index (χ2v) is 8.63. The van der Waals surface area contributed by atoms with Crippen molar-refractivity contribution in [1.82, 2.24) is 15.8 Å². The van der Waals surface area contributed by atoms with Gasteiger partial charge >= 0.3 is 0 Å². The third-order valence-corrected chi connectivity index (χ3v) is 6.63. The van der Waals surface area contributed by atoms with Crippen LogP contribution in [0.4, 0.5) is 0 Å². The normalized spacial score (nSPS) is 15.2. The quantitative estimate of drug-likeness (QED) is 0.592. The largest absolute Gasteiger partial charge is 0.273 e. The number of thiazole rings is 1. The number of para-hydroxylation sites is 1. The van der Waals surface area contributed by atoms with Gasteiger partial charge < -0.3 is 0 Å². The maximum Gasteiger partial charge on any atom is 0.248 e. The van der Waals surface area contributed by atoms with E-state index in [1.165, 1.54) is 43.9 Å². The third-order valence-electron chi connectivity index (χ3n) is 4.45. The Morgan fingerprint density at radius 1 is 1.12 bits per heavy atom. The average Bonchev–Trinajstić information content (AvgIpc) is 3.07. The van der Waals surface area contributed by atoms with Gasteiger partial charge in [0, 0.05) is 6.42 Å². The Hall–Kier alpha value is -1.60. The van der Waals surface area contributed by atoms with E-state index in [0.29, 0.717) is 12.3 Å². The van der Waals surface area contributed by atoms with Crippen molar-refractivity contribution >= 4 is 45.1 Å². The van der Waals surface area contributed by atoms with Crippen LogP contribution in [-0.4, -0.2) is 22.6 Å². The van der Waals surface area contributed by atoms with Crippen LogP contribution in [0.1, 0.15) is 44.9 Å². The van der Waals surface area contributed by atoms with Gasteiger partial charge in [0.25, 0.3) is 0 Å². The summed E-state index contributed by atoms with van der Waals surface area (Å²) in [5.74, 6) is 0.590. The molecular formula is C18H23N3O2S2. The number of aromatic nitrogens is 1. The fourth-order valence-corrected chi connectivity index (χ4v) is 4.96. The van der Waals surface area contributed by atoms with E-state index in [-0.39, 0.29) is 17.6 Å². The Bertz CT molecular complexity index is 693. The van der Waals surface area contributed by atoms with E-state index < -0.39 is 0 Å². The van der Waals surface area contributed by atoms with E-state index in [4.69, 9.17) is 0 Å². The first-order valence-corrected chi connectivity index (χ1v) is 10.6. The summed E-state index contributed by atoms with van der Waals surface area (Å²) in [6.07, 6.45) is 7.76. The number of amides is 2. The Balaban J connectivity index is 1.33. The second kappa shape index (κ2) is 9.20. The van der Waals surface area contributed by atoms with E-state index in [1.807, 2.05) is 24.3 Å². The summed E-state index contributed by atoms with van der Waals surface area (Å²) in [5.41, 5.74) is 5.96. The first kappa shape index (κ1) is 18.2. The molecule has 1 fully saturated rings. The molecule has 1 saturated carbocycles. The van der Waals surface area contributed by atoms with Gasteiger partial charge in [-0.15, -0.1) is 11.3 Å². The van der Waals surface area contributed by atoms with Gasteiger partial charge in [0.05, 0.1) is 16.0 Å². The van der Waals surface area contributed by atoms with Gasteiger partial charge in [0.2, 0.25) is 11.8 Å². The maximum absolute atomic E-state index is 11.9. The van der Waals surface area contributed by atoms with E-state index in [9.17, 15) is 9.59 Å². The van der Waals surface area contributed by atoms with Crippen LogP contribution in [0.3, 0.4) is 0 Å². The molecule has 1 aromatic heterocycles. The minimum Gasteiger partial charge on any atom is -0.273 e. The zero-order chi connectivity index (χ0) is 17.5. The fraction of sp³-hybridized carbons (Fsp3) is 0.500. The number of carbonyl (C=O) groups excluding carboxylic acids is 2. The highest BCUT2D eigenvalue weighted by Crippen LogP contribution is 2.29. The third kappa shape index (κ3) is 5.71. The zero-order valence-corrected chi connectivity index (χ0v) is 15.8. The molecule has 1 aromatic carbocycles. The molecule has 25 heavy (non-hydrogen) atoms. The molecule has 134 valence electrons. The SMILES string of the molecule is O=C(CCC1CCCCC1)NNC(=O)CSc1nc2ccccc2s1. The minimum absolute atomic E-state index is 0.107. The number of benzene rings is 1. The lowest BCUT2D eigenvalue weighted by molar-refractivity contribution is -0.127. The molecule has 2 N–H and O–H groups in total. The van der Waals surface area contributed by atoms with Gasteiger partial charge in [-0.2, -0.15) is 0 Å². The van der Waals surface area contributed by atoms with Gasteiger partial charge in [0.15, 0.2) is 4.34 Å². The summed E-state index contributed by atoms with van der Waals surface area (Å²) >= 11 is 2.96. The van der Waals surface area contributed by atoms with Crippen molar-refractivity contribution in [2.45, 2.75) is 49.3 Å². The molecule has 1 aliphatic rings. The molecule has 0 spiro atoms. The molecule has 0 bridgehead atoms. The van der Waals surface area contributed by atoms with Crippen LogP contribution in [0.2, 0.25) is 0 Å². The number of nitrogens with zero attached hydrogens (tertiary/aromatic N) is 1. The zero-order valence-electron chi connectivity index (χ0n) is 14.1. The predicted octanol–water partition coefficient (Wildman–Crippen LogP) is 3.90. The number of hydrogen-bond donors (Lipinski definition) is 2. The Labute approximate surface area is 155 Å². The molecule has 2 aromatic rings. The Morgan fingerprint density at radius 3 is 2.68 bits per heavy atom. The molecule has 0 saturated heterocycles. The number of hydrazine groups is 1. The molecule has 2 amide bonds. The minimum atomic E-state index is -0.213. The molecule has 1 heterocycles. The molecular weight excluding hydrogens is 354 g/mol. The highest BCUT2D eigenvalue weighted by atomic mass is 32.2. The van der Waals surface area contributed by atoms with Crippen LogP contribution in [0.25, 0.3) is 10.2 Å². The van der Waals surface area contributed by atoms with Crippen LogP contribution in [0.15, 0.2) is 28.6 Å². The van der Waals surface area contributed by atoms with Crippen molar-refractivity contribution in [3.8, 4) is 0 Å². The fourth-order valence-electron chi connectivity index (χ4n) is 3.09. The lowest BCUT2D eigenvalue weighted by Gasteiger charge is -2.20. The number of carbonyl (C=O) groups is 2. The van der Waals surface area contributed by atoms with E-state index >= 15 is 0 Å². The number of hydrogen-bond acceptors (Lipinski definition) is 5. The average molecular weight is 378 g/mol. The number of rotatable bonds is 6. The van der Waals surface area contributed by atoms with Crippen LogP contribution in [-0.2, 0) is 9.59 Å². The summed E-state index contributed by atoms with van der Waals surface area (Å²) in [7, 11) is 0. The van der Waals surface area contributed by atoms with Gasteiger partial charge in [0.1, 0.15) is 0 Å². The van der Waals surface area contributed by atoms with Crippen molar-refractivity contribution in [1.29, 1.82) is 0 Å². The lowest BCUT2D eigenvalue weighted by Crippen LogP contribution is -2.42. The molecule has 0 unspecified atom stereocenters. The molecule has 3 rings (SSSR count). The standard InChI is InChI=1S/C18H23N3O2S2/c22-16(11-10-13-6-2-1-3-7-13)20-21-17(23)12-24-18-19-14-8-4-5-9-15(14)25-18/h4-5,8-9,13H,1-3,6-7,10-12H2,(H,20,22)(H,21,23). The van der Waals surface area contributed by atoms with E-state index in [1.54, 1.807) is 11.3 Å². The van der Waals surface area contributed by atoms with Crippen LogP contribution < -0.4 is 10.9 Å². The molecule has 0 atom stereocenters. The molecule has 5 nitrogen and oxygen atoms in total. The van der Waals surface area contributed by atoms with Crippen LogP contribution in [0.5, 0.6) is 0 Å². The van der Waals surface area contributed by atoms with Gasteiger partial charge in [-0.05, 0) is 24.5 Å². The second-order valence-electron chi connectivity index (χ2n) is 6.38. The highest BCUT2D eigenvalue weighted by molar-refractivity contribution is 8.01. The summed E-state index contributed by atoms with van der Waals surface area (Å²) in [6, 6.07) is 7.91. The molecule has 0 aliphatic heterocycles. The molecule has 0 radical (unpaired) electrons. The van der Waals surface area contributed by atoms with E-state index in [0.717, 1.165) is 21.0 Å². The van der Waals surface area contributed by atoms with Gasteiger partial charge in [-0.1, -0.05) is 56.0 Å². The van der Waals surface area contributed by atoms with E-state index in [2.05, 4.69) is 15.8 Å². The number of thioether (sulfide) groups is 1. The topological polar surface area (TPSA) is 71.1 Å². The summed E-state index contributed by atoms with van der Waals surface area (Å²) in [4.78, 5) is 28.2. The first-order chi connectivity index (χ1) is 12.2. The number of fused-ring (bicyclic) bond motifs is 1. The van der Waals surface area contributed by atoms with Gasteiger partial charge in [-0.3, -0.25) is 20.4 Å². The number of nitrogens with one attached hydrogen (secondary N) is 2. The Kier molecular flexibility index (Phi) is 6.69. The summed E-state index contributed by atoms with van der Waals surface area (Å²) in [5, 5.41) is 0. The Morgan fingerprint density at radius 2 is 1.88 bits per heavy atom. The van der Waals surface area contributed by atoms with Crippen molar-refractivity contribution in [2.24, 2.45) is 5.92 Å².